The molecule has 0 amide bonds. The molecule has 0 spiro atoms. The summed E-state index contributed by atoms with van der Waals surface area (Å²) in [5.41, 5.74) is 1.54. The van der Waals surface area contributed by atoms with Crippen LogP contribution < -0.4 is 14.2 Å². The van der Waals surface area contributed by atoms with Crippen molar-refractivity contribution in [2.75, 3.05) is 20.8 Å². The first kappa shape index (κ1) is 16.6. The fraction of sp³-hybridized carbons (Fsp3) is 0.150. The molecule has 0 aliphatic carbocycles. The van der Waals surface area contributed by atoms with Crippen molar-refractivity contribution in [1.29, 1.82) is 0 Å². The number of carbonyl (C=O) groups excluding carboxylic acids is 1. The molecule has 0 saturated heterocycles. The summed E-state index contributed by atoms with van der Waals surface area (Å²) < 4.78 is 15.8. The minimum absolute atomic E-state index is 0.0737. The summed E-state index contributed by atoms with van der Waals surface area (Å²) in [4.78, 5) is 12.4. The van der Waals surface area contributed by atoms with E-state index in [-0.39, 0.29) is 17.1 Å². The van der Waals surface area contributed by atoms with Crippen molar-refractivity contribution in [3.05, 3.63) is 59.2 Å². The number of phenolic OH excluding ortho intramolecular Hbond substituents is 1. The fourth-order valence-electron chi connectivity index (χ4n) is 2.60. The highest BCUT2D eigenvalue weighted by atomic mass is 16.5. The number of aromatic hydroxyl groups is 1. The van der Waals surface area contributed by atoms with Crippen molar-refractivity contribution in [3.63, 3.8) is 0 Å². The molecule has 128 valence electrons. The summed E-state index contributed by atoms with van der Waals surface area (Å²) in [6.07, 6.45) is 6.62. The number of ketones is 1. The third kappa shape index (κ3) is 3.35. The first-order chi connectivity index (χ1) is 12.1. The van der Waals surface area contributed by atoms with E-state index < -0.39 is 0 Å². The third-order valence-electron chi connectivity index (χ3n) is 3.90. The zero-order valence-corrected chi connectivity index (χ0v) is 14.0. The van der Waals surface area contributed by atoms with E-state index in [9.17, 15) is 9.90 Å². The van der Waals surface area contributed by atoms with Crippen LogP contribution in [-0.4, -0.2) is 31.7 Å². The lowest BCUT2D eigenvalue weighted by Crippen LogP contribution is -2.03. The van der Waals surface area contributed by atoms with Gasteiger partial charge in [-0.15, -0.1) is 0 Å². The van der Waals surface area contributed by atoms with E-state index in [1.165, 1.54) is 6.08 Å². The molecule has 1 aliphatic rings. The highest BCUT2D eigenvalue weighted by molar-refractivity contribution is 6.09. The molecule has 5 nitrogen and oxygen atoms in total. The van der Waals surface area contributed by atoms with Gasteiger partial charge in [0.2, 0.25) is 0 Å². The van der Waals surface area contributed by atoms with Gasteiger partial charge in [-0.1, -0.05) is 12.1 Å². The van der Waals surface area contributed by atoms with E-state index in [0.717, 1.165) is 5.56 Å². The molecule has 0 unspecified atom stereocenters. The summed E-state index contributed by atoms with van der Waals surface area (Å²) in [6.45, 7) is 0.457. The molecule has 1 N–H and O–H groups in total. The van der Waals surface area contributed by atoms with Gasteiger partial charge in [0.05, 0.1) is 25.3 Å². The summed E-state index contributed by atoms with van der Waals surface area (Å²) in [6, 6.07) is 8.60. The Morgan fingerprint density at radius 3 is 2.72 bits per heavy atom. The Bertz CT molecular complexity index is 865. The lowest BCUT2D eigenvalue weighted by Gasteiger charge is -2.14. The predicted octanol–water partition coefficient (Wildman–Crippen LogP) is 3.71. The predicted molar refractivity (Wildman–Crippen MR) is 95.5 cm³/mol. The monoisotopic (exact) mass is 338 g/mol. The van der Waals surface area contributed by atoms with E-state index in [4.69, 9.17) is 14.2 Å². The van der Waals surface area contributed by atoms with E-state index in [1.54, 1.807) is 56.7 Å². The number of fused-ring (bicyclic) bond motifs is 1. The highest BCUT2D eigenvalue weighted by Crippen LogP contribution is 2.35. The van der Waals surface area contributed by atoms with Crippen molar-refractivity contribution in [2.45, 2.75) is 0 Å². The van der Waals surface area contributed by atoms with Crippen LogP contribution in [0.25, 0.3) is 12.2 Å². The molecule has 25 heavy (non-hydrogen) atoms. The molecular weight excluding hydrogens is 320 g/mol. The summed E-state index contributed by atoms with van der Waals surface area (Å²) >= 11 is 0. The van der Waals surface area contributed by atoms with Crippen LogP contribution in [-0.2, 0) is 0 Å². The first-order valence-corrected chi connectivity index (χ1v) is 7.73. The Labute approximate surface area is 145 Å². The van der Waals surface area contributed by atoms with Crippen molar-refractivity contribution in [2.24, 2.45) is 0 Å². The van der Waals surface area contributed by atoms with Crippen LogP contribution in [0.3, 0.4) is 0 Å². The molecule has 0 aromatic heterocycles. The number of methoxy groups -OCH3 is 2. The average Bonchev–Trinajstić information content (AvgIpc) is 2.66. The third-order valence-corrected chi connectivity index (χ3v) is 3.90. The number of ether oxygens (including phenoxy) is 3. The maximum absolute atomic E-state index is 12.4. The molecule has 5 heteroatoms. The number of benzene rings is 2. The van der Waals surface area contributed by atoms with Crippen LogP contribution in [0, 0.1) is 0 Å². The van der Waals surface area contributed by atoms with Gasteiger partial charge in [-0.25, -0.2) is 0 Å². The van der Waals surface area contributed by atoms with Gasteiger partial charge >= 0.3 is 0 Å². The molecule has 0 fully saturated rings. The Balaban J connectivity index is 1.86. The van der Waals surface area contributed by atoms with Crippen LogP contribution >= 0.6 is 0 Å². The zero-order valence-electron chi connectivity index (χ0n) is 14.0. The Morgan fingerprint density at radius 2 is 1.96 bits per heavy atom. The van der Waals surface area contributed by atoms with Gasteiger partial charge in [0.25, 0.3) is 0 Å². The quantitative estimate of drug-likeness (QED) is 0.665. The number of hydrogen-bond acceptors (Lipinski definition) is 5. The maximum Gasteiger partial charge on any atom is 0.189 e. The van der Waals surface area contributed by atoms with Gasteiger partial charge < -0.3 is 19.3 Å². The molecular formula is C20H18O5. The van der Waals surface area contributed by atoms with E-state index >= 15 is 0 Å². The van der Waals surface area contributed by atoms with Gasteiger partial charge in [-0.2, -0.15) is 0 Å². The molecule has 2 aromatic rings. The van der Waals surface area contributed by atoms with E-state index in [2.05, 4.69) is 0 Å². The molecule has 2 aromatic carbocycles. The minimum atomic E-state index is -0.297. The highest BCUT2D eigenvalue weighted by Gasteiger charge is 2.17. The second-order valence-electron chi connectivity index (χ2n) is 5.40. The topological polar surface area (TPSA) is 65.0 Å². The van der Waals surface area contributed by atoms with Gasteiger partial charge in [0, 0.05) is 0 Å². The van der Waals surface area contributed by atoms with Crippen molar-refractivity contribution < 1.29 is 24.1 Å². The fourth-order valence-corrected chi connectivity index (χ4v) is 2.60. The number of phenols is 1. The molecule has 3 rings (SSSR count). The van der Waals surface area contributed by atoms with Crippen LogP contribution in [0.4, 0.5) is 0 Å². The molecule has 0 atom stereocenters. The molecule has 1 heterocycles. The number of carbonyl (C=O) groups is 1. The van der Waals surface area contributed by atoms with Crippen LogP contribution in [0.2, 0.25) is 0 Å². The normalized spacial score (nSPS) is 12.6. The largest absolute Gasteiger partial charge is 0.506 e. The Hall–Kier alpha value is -3.21. The Kier molecular flexibility index (Phi) is 4.75. The SMILES string of the molecule is COc1ccc(/C=C/C(=O)c2ccc3c(c2O)C=CCO3)cc1OC. The van der Waals surface area contributed by atoms with Crippen molar-refractivity contribution in [3.8, 4) is 23.0 Å². The number of rotatable bonds is 5. The molecule has 0 saturated carbocycles. The van der Waals surface area contributed by atoms with E-state index in [0.29, 0.717) is 29.4 Å². The first-order valence-electron chi connectivity index (χ1n) is 7.73. The Morgan fingerprint density at radius 1 is 1.16 bits per heavy atom. The summed E-state index contributed by atoms with van der Waals surface area (Å²) in [5, 5.41) is 10.3. The molecule has 1 aliphatic heterocycles. The second-order valence-corrected chi connectivity index (χ2v) is 5.40. The average molecular weight is 338 g/mol. The number of hydrogen-bond donors (Lipinski definition) is 1. The zero-order chi connectivity index (χ0) is 17.8. The lowest BCUT2D eigenvalue weighted by atomic mass is 10.0. The number of allylic oxidation sites excluding steroid dienone is 1. The van der Waals surface area contributed by atoms with Gasteiger partial charge in [-0.05, 0) is 48.1 Å². The van der Waals surface area contributed by atoms with Crippen molar-refractivity contribution in [1.82, 2.24) is 0 Å². The molecule has 0 bridgehead atoms. The van der Waals surface area contributed by atoms with Gasteiger partial charge in [0.15, 0.2) is 17.3 Å². The molecule has 0 radical (unpaired) electrons. The maximum atomic E-state index is 12.4. The van der Waals surface area contributed by atoms with Gasteiger partial charge in [-0.3, -0.25) is 4.79 Å². The second kappa shape index (κ2) is 7.13. The van der Waals surface area contributed by atoms with E-state index in [1.807, 2.05) is 6.07 Å². The van der Waals surface area contributed by atoms with Crippen LogP contribution in [0.5, 0.6) is 23.0 Å². The lowest BCUT2D eigenvalue weighted by molar-refractivity contribution is 0.104. The smallest absolute Gasteiger partial charge is 0.189 e. The standard InChI is InChI=1S/C20H18O5/c1-23-18-9-6-13(12-19(18)24-2)5-8-16(21)14-7-10-17-15(20(14)22)4-3-11-25-17/h3-10,12,22H,11H2,1-2H3/b8-5+. The van der Waals surface area contributed by atoms with Crippen LogP contribution in [0.1, 0.15) is 21.5 Å². The summed E-state index contributed by atoms with van der Waals surface area (Å²) in [7, 11) is 3.12. The van der Waals surface area contributed by atoms with Crippen molar-refractivity contribution >= 4 is 17.9 Å². The summed E-state index contributed by atoms with van der Waals surface area (Å²) in [5.74, 6) is 1.39. The minimum Gasteiger partial charge on any atom is -0.506 e. The van der Waals surface area contributed by atoms with Crippen LogP contribution in [0.15, 0.2) is 42.5 Å². The van der Waals surface area contributed by atoms with Gasteiger partial charge in [0.1, 0.15) is 18.1 Å².